The number of hydrogen-bond acceptors (Lipinski definition) is 11. The van der Waals surface area contributed by atoms with Crippen molar-refractivity contribution in [1.82, 2.24) is 0 Å². The van der Waals surface area contributed by atoms with Crippen molar-refractivity contribution in [3.05, 3.63) is 134 Å². The monoisotopic (exact) mass is 646 g/mol. The maximum Gasteiger partial charge on any atom is 0.346 e. The Kier molecular flexibility index (Phi) is 8.05. The molecule has 0 bridgehead atoms. The van der Waals surface area contributed by atoms with Gasteiger partial charge < -0.3 is 18.9 Å². The lowest BCUT2D eigenvalue weighted by atomic mass is 9.87. The molecule has 4 aromatic carbocycles. The quantitative estimate of drug-likeness (QED) is 0.0771. The zero-order chi connectivity index (χ0) is 34.3. The molecule has 0 aromatic heterocycles. The number of carbonyl (C=O) groups is 7. The Morgan fingerprint density at radius 2 is 1.15 bits per heavy atom. The lowest BCUT2D eigenvalue weighted by molar-refractivity contribution is 0.0425. The highest BCUT2D eigenvalue weighted by Crippen LogP contribution is 2.27. The van der Waals surface area contributed by atoms with Crippen LogP contribution in [0.25, 0.3) is 0 Å². The summed E-state index contributed by atoms with van der Waals surface area (Å²) in [5.74, 6) is -5.61. The second-order valence-electron chi connectivity index (χ2n) is 12.3. The molecule has 0 unspecified atom stereocenters. The Morgan fingerprint density at radius 3 is 1.75 bits per heavy atom. The largest absolute Gasteiger partial charge is 0.457 e. The number of rotatable bonds is 8. The normalized spacial score (nSPS) is 13.4. The number of hydrogen-bond donors (Lipinski definition) is 0. The van der Waals surface area contributed by atoms with Crippen molar-refractivity contribution < 1.29 is 52.5 Å². The lowest BCUT2D eigenvalue weighted by Gasteiger charge is -2.19. The summed E-state index contributed by atoms with van der Waals surface area (Å²) in [5.41, 5.74) is 2.05. The number of benzene rings is 4. The molecule has 0 aliphatic carbocycles. The van der Waals surface area contributed by atoms with Crippen molar-refractivity contribution in [3.63, 3.8) is 0 Å². The van der Waals surface area contributed by atoms with Gasteiger partial charge in [-0.05, 0) is 70.6 Å². The van der Waals surface area contributed by atoms with Crippen LogP contribution in [0.1, 0.15) is 110 Å². The highest BCUT2D eigenvalue weighted by molar-refractivity contribution is 6.16. The van der Waals surface area contributed by atoms with Gasteiger partial charge in [-0.1, -0.05) is 51.1 Å². The van der Waals surface area contributed by atoms with Crippen molar-refractivity contribution in [2.45, 2.75) is 39.2 Å². The molecule has 0 saturated heterocycles. The highest BCUT2D eigenvalue weighted by atomic mass is 16.6. The molecule has 2 aliphatic heterocycles. The van der Waals surface area contributed by atoms with Crippen molar-refractivity contribution in [2.75, 3.05) is 0 Å². The standard InChI is InChI=1S/C37H26O11/c1-37(2,3)24-8-4-19(5-9-24)18-45-31(39)23-12-20(14-30(38)21-6-10-26-28(16-21)35(43)47-33(26)41)13-25(15-23)46-32(40)22-7-11-27-29(17-22)36(44)48-34(27)42/h4-13,15-17H,14,18H2,1-3H3. The van der Waals surface area contributed by atoms with E-state index in [0.29, 0.717) is 0 Å². The number of Topliss-reactive ketones (excluding diaryl/α,β-unsaturated/α-hetero) is 1. The molecule has 48 heavy (non-hydrogen) atoms. The van der Waals surface area contributed by atoms with E-state index in [1.165, 1.54) is 54.6 Å². The van der Waals surface area contributed by atoms with E-state index < -0.39 is 41.6 Å². The average Bonchev–Trinajstić information content (AvgIpc) is 3.51. The van der Waals surface area contributed by atoms with Gasteiger partial charge in [0, 0.05) is 12.0 Å². The van der Waals surface area contributed by atoms with Gasteiger partial charge in [0.2, 0.25) is 0 Å². The maximum atomic E-state index is 13.3. The van der Waals surface area contributed by atoms with E-state index >= 15 is 0 Å². The molecule has 0 amide bonds. The van der Waals surface area contributed by atoms with E-state index in [0.717, 1.165) is 11.1 Å². The van der Waals surface area contributed by atoms with Crippen molar-refractivity contribution in [1.29, 1.82) is 0 Å². The van der Waals surface area contributed by atoms with Crippen LogP contribution in [0.2, 0.25) is 0 Å². The van der Waals surface area contributed by atoms with E-state index in [9.17, 15) is 33.6 Å². The van der Waals surface area contributed by atoms with Crippen LogP contribution in [-0.4, -0.2) is 41.6 Å². The molecule has 11 heteroatoms. The molecule has 0 fully saturated rings. The van der Waals surface area contributed by atoms with E-state index in [4.69, 9.17) is 9.47 Å². The second kappa shape index (κ2) is 12.2. The predicted octanol–water partition coefficient (Wildman–Crippen LogP) is 5.61. The van der Waals surface area contributed by atoms with Gasteiger partial charge in [0.1, 0.15) is 12.4 Å². The molecule has 11 nitrogen and oxygen atoms in total. The predicted molar refractivity (Wildman–Crippen MR) is 166 cm³/mol. The molecule has 4 aromatic rings. The molecule has 240 valence electrons. The number of cyclic esters (lactones) is 4. The number of fused-ring (bicyclic) bond motifs is 2. The molecule has 0 spiro atoms. The van der Waals surface area contributed by atoms with Crippen molar-refractivity contribution >= 4 is 41.6 Å². The Balaban J connectivity index is 1.26. The summed E-state index contributed by atoms with van der Waals surface area (Å²) in [7, 11) is 0. The van der Waals surface area contributed by atoms with E-state index in [1.54, 1.807) is 0 Å². The van der Waals surface area contributed by atoms with Crippen molar-refractivity contribution in [2.24, 2.45) is 0 Å². The minimum absolute atomic E-state index is 0.0133. The summed E-state index contributed by atoms with van der Waals surface area (Å²) >= 11 is 0. The van der Waals surface area contributed by atoms with E-state index in [1.807, 2.05) is 24.3 Å². The van der Waals surface area contributed by atoms with Gasteiger partial charge in [0.05, 0.1) is 33.4 Å². The summed E-state index contributed by atoms with van der Waals surface area (Å²) in [6.07, 6.45) is -0.283. The first-order valence-corrected chi connectivity index (χ1v) is 14.7. The van der Waals surface area contributed by atoms with E-state index in [-0.39, 0.29) is 68.7 Å². The maximum absolute atomic E-state index is 13.3. The fourth-order valence-corrected chi connectivity index (χ4v) is 5.20. The van der Waals surface area contributed by atoms with Crippen LogP contribution in [0, 0.1) is 0 Å². The fourth-order valence-electron chi connectivity index (χ4n) is 5.20. The minimum atomic E-state index is -0.909. The van der Waals surface area contributed by atoms with Gasteiger partial charge in [0.25, 0.3) is 0 Å². The SMILES string of the molecule is CC(C)(C)c1ccc(COC(=O)c2cc(CC(=O)c3ccc4c(c3)C(=O)OC4=O)cc(OC(=O)c3ccc4c(c3)C(=O)OC4=O)c2)cc1. The number of ether oxygens (including phenoxy) is 4. The average molecular weight is 647 g/mol. The van der Waals surface area contributed by atoms with Crippen LogP contribution in [-0.2, 0) is 32.7 Å². The van der Waals surface area contributed by atoms with Crippen LogP contribution in [0.3, 0.4) is 0 Å². The molecule has 2 aliphatic rings. The third kappa shape index (κ3) is 6.38. The number of esters is 6. The first-order chi connectivity index (χ1) is 22.8. The number of carbonyl (C=O) groups excluding carboxylic acids is 7. The molecule has 6 rings (SSSR count). The van der Waals surface area contributed by atoms with Crippen LogP contribution in [0.5, 0.6) is 5.75 Å². The summed E-state index contributed by atoms with van der Waals surface area (Å²) < 4.78 is 20.3. The van der Waals surface area contributed by atoms with E-state index in [2.05, 4.69) is 30.2 Å². The number of ketones is 1. The fraction of sp³-hybridized carbons (Fsp3) is 0.162. The molecular weight excluding hydrogens is 620 g/mol. The topological polar surface area (TPSA) is 156 Å². The third-order valence-electron chi connectivity index (χ3n) is 7.81. The van der Waals surface area contributed by atoms with Crippen LogP contribution >= 0.6 is 0 Å². The summed E-state index contributed by atoms with van der Waals surface area (Å²) in [4.78, 5) is 87.2. The van der Waals surface area contributed by atoms with Gasteiger partial charge in [-0.15, -0.1) is 0 Å². The Hall–Kier alpha value is -6.23. The smallest absolute Gasteiger partial charge is 0.346 e. The summed E-state index contributed by atoms with van der Waals surface area (Å²) in [6.45, 7) is 6.21. The molecule has 0 radical (unpaired) electrons. The molecule has 2 heterocycles. The molecule has 0 atom stereocenters. The van der Waals surface area contributed by atoms with Gasteiger partial charge >= 0.3 is 35.8 Å². The van der Waals surface area contributed by atoms with Crippen LogP contribution < -0.4 is 4.74 Å². The van der Waals surface area contributed by atoms with Crippen LogP contribution in [0.4, 0.5) is 0 Å². The first-order valence-electron chi connectivity index (χ1n) is 14.7. The van der Waals surface area contributed by atoms with Gasteiger partial charge in [-0.2, -0.15) is 0 Å². The van der Waals surface area contributed by atoms with Gasteiger partial charge in [-0.3, -0.25) is 4.79 Å². The zero-order valence-electron chi connectivity index (χ0n) is 25.9. The third-order valence-corrected chi connectivity index (χ3v) is 7.81. The zero-order valence-corrected chi connectivity index (χ0v) is 25.9. The highest BCUT2D eigenvalue weighted by Gasteiger charge is 2.32. The summed E-state index contributed by atoms with van der Waals surface area (Å²) in [6, 6.07) is 19.4. The molecule has 0 saturated carbocycles. The first kappa shape index (κ1) is 31.7. The minimum Gasteiger partial charge on any atom is -0.457 e. The second-order valence-corrected chi connectivity index (χ2v) is 12.3. The Morgan fingerprint density at radius 1 is 0.583 bits per heavy atom. The Bertz CT molecular complexity index is 1970. The molecule has 0 N–H and O–H groups in total. The Labute approximate surface area is 273 Å². The van der Waals surface area contributed by atoms with Gasteiger partial charge in [0.15, 0.2) is 5.78 Å². The van der Waals surface area contributed by atoms with Crippen molar-refractivity contribution in [3.8, 4) is 5.75 Å². The summed E-state index contributed by atoms with van der Waals surface area (Å²) in [5, 5.41) is 0. The molecular formula is C37H26O11. The lowest BCUT2D eigenvalue weighted by Crippen LogP contribution is -2.13. The van der Waals surface area contributed by atoms with Crippen LogP contribution in [0.15, 0.2) is 78.9 Å². The van der Waals surface area contributed by atoms with Gasteiger partial charge in [-0.25, -0.2) is 28.8 Å².